The van der Waals surface area contributed by atoms with Crippen LogP contribution in [0, 0.1) is 5.41 Å². The molecule has 0 unspecified atom stereocenters. The van der Waals surface area contributed by atoms with E-state index in [0.29, 0.717) is 18.7 Å². The van der Waals surface area contributed by atoms with Gasteiger partial charge in [0, 0.05) is 24.1 Å². The molecule has 0 atom stereocenters. The second kappa shape index (κ2) is 7.38. The summed E-state index contributed by atoms with van der Waals surface area (Å²) in [4.78, 5) is 12.5. The molecule has 0 bridgehead atoms. The number of hydrogen-bond donors (Lipinski definition) is 0. The van der Waals surface area contributed by atoms with Crippen LogP contribution in [0.15, 0.2) is 29.2 Å². The van der Waals surface area contributed by atoms with Crippen molar-refractivity contribution in [2.75, 3.05) is 13.1 Å². The standard InChI is InChI=1S/C17H27NO3S/c1-6-12-18(13-7-2)22(20,21)15-10-8-14(9-11-15)16(19)17(3,4)5/h8-11H,6-7,12-13H2,1-5H3. The normalized spacial score (nSPS) is 12.6. The van der Waals surface area contributed by atoms with Crippen molar-refractivity contribution in [1.82, 2.24) is 4.31 Å². The smallest absolute Gasteiger partial charge is 0.243 e. The van der Waals surface area contributed by atoms with Gasteiger partial charge >= 0.3 is 0 Å². The fourth-order valence-corrected chi connectivity index (χ4v) is 3.84. The van der Waals surface area contributed by atoms with E-state index in [1.807, 2.05) is 34.6 Å². The third-order valence-corrected chi connectivity index (χ3v) is 5.29. The Balaban J connectivity index is 3.09. The largest absolute Gasteiger partial charge is 0.294 e. The van der Waals surface area contributed by atoms with Crippen molar-refractivity contribution < 1.29 is 13.2 Å². The second-order valence-corrected chi connectivity index (χ2v) is 8.45. The molecule has 0 fully saturated rings. The second-order valence-electron chi connectivity index (χ2n) is 6.51. The van der Waals surface area contributed by atoms with Gasteiger partial charge in [0.15, 0.2) is 5.78 Å². The average molecular weight is 325 g/mol. The van der Waals surface area contributed by atoms with E-state index in [1.165, 1.54) is 16.4 Å². The Kier molecular flexibility index (Phi) is 6.32. The van der Waals surface area contributed by atoms with Crippen molar-refractivity contribution in [2.24, 2.45) is 5.41 Å². The van der Waals surface area contributed by atoms with Gasteiger partial charge in [0.1, 0.15) is 0 Å². The van der Waals surface area contributed by atoms with Gasteiger partial charge in [-0.1, -0.05) is 46.8 Å². The molecular weight excluding hydrogens is 298 g/mol. The lowest BCUT2D eigenvalue weighted by Crippen LogP contribution is -2.32. The van der Waals surface area contributed by atoms with Crippen LogP contribution in [0.1, 0.15) is 57.8 Å². The molecular formula is C17H27NO3S. The van der Waals surface area contributed by atoms with Gasteiger partial charge in [0.25, 0.3) is 0 Å². The minimum absolute atomic E-state index is 0.00965. The van der Waals surface area contributed by atoms with E-state index in [0.717, 1.165) is 12.8 Å². The summed E-state index contributed by atoms with van der Waals surface area (Å²) < 4.78 is 26.8. The molecule has 0 aliphatic carbocycles. The number of rotatable bonds is 7. The minimum atomic E-state index is -3.48. The molecule has 1 aromatic rings. The highest BCUT2D eigenvalue weighted by molar-refractivity contribution is 7.89. The lowest BCUT2D eigenvalue weighted by molar-refractivity contribution is 0.0858. The molecule has 0 N–H and O–H groups in total. The van der Waals surface area contributed by atoms with Crippen molar-refractivity contribution in [1.29, 1.82) is 0 Å². The third-order valence-electron chi connectivity index (χ3n) is 3.38. The number of Topliss-reactive ketones (excluding diaryl/α,β-unsaturated/α-hetero) is 1. The zero-order valence-corrected chi connectivity index (χ0v) is 15.0. The van der Waals surface area contributed by atoms with Crippen LogP contribution < -0.4 is 0 Å². The van der Waals surface area contributed by atoms with E-state index in [1.54, 1.807) is 12.1 Å². The van der Waals surface area contributed by atoms with Crippen molar-refractivity contribution in [3.63, 3.8) is 0 Å². The number of hydrogen-bond acceptors (Lipinski definition) is 3. The zero-order valence-electron chi connectivity index (χ0n) is 14.2. The van der Waals surface area contributed by atoms with E-state index < -0.39 is 15.4 Å². The molecule has 4 nitrogen and oxygen atoms in total. The van der Waals surface area contributed by atoms with E-state index in [2.05, 4.69) is 0 Å². The van der Waals surface area contributed by atoms with Gasteiger partial charge in [-0.25, -0.2) is 8.42 Å². The van der Waals surface area contributed by atoms with Gasteiger partial charge in [-0.15, -0.1) is 0 Å². The van der Waals surface area contributed by atoms with Crippen molar-refractivity contribution in [3.8, 4) is 0 Å². The predicted octanol–water partition coefficient (Wildman–Crippen LogP) is 3.73. The Labute approximate surface area is 134 Å². The molecule has 0 aliphatic rings. The van der Waals surface area contributed by atoms with Crippen molar-refractivity contribution in [3.05, 3.63) is 29.8 Å². The lowest BCUT2D eigenvalue weighted by atomic mass is 9.87. The van der Waals surface area contributed by atoms with Crippen LogP contribution in [-0.2, 0) is 10.0 Å². The summed E-state index contributed by atoms with van der Waals surface area (Å²) in [5, 5.41) is 0. The highest BCUT2D eigenvalue weighted by Gasteiger charge is 2.25. The van der Waals surface area contributed by atoms with Crippen LogP contribution in [-0.4, -0.2) is 31.6 Å². The molecule has 0 heterocycles. The highest BCUT2D eigenvalue weighted by atomic mass is 32.2. The van der Waals surface area contributed by atoms with Gasteiger partial charge in [0.05, 0.1) is 4.90 Å². The Bertz CT molecular complexity index is 592. The Morgan fingerprint density at radius 1 is 1.00 bits per heavy atom. The van der Waals surface area contributed by atoms with Gasteiger partial charge < -0.3 is 0 Å². The maximum absolute atomic E-state index is 12.6. The fourth-order valence-electron chi connectivity index (χ4n) is 2.21. The maximum Gasteiger partial charge on any atom is 0.243 e. The predicted molar refractivity (Wildman–Crippen MR) is 89.6 cm³/mol. The first-order valence-electron chi connectivity index (χ1n) is 7.79. The Morgan fingerprint density at radius 3 is 1.82 bits per heavy atom. The monoisotopic (exact) mass is 325 g/mol. The summed E-state index contributed by atoms with van der Waals surface area (Å²) >= 11 is 0. The maximum atomic E-state index is 12.6. The lowest BCUT2D eigenvalue weighted by Gasteiger charge is -2.21. The van der Waals surface area contributed by atoms with Crippen LogP contribution >= 0.6 is 0 Å². The Morgan fingerprint density at radius 2 is 1.45 bits per heavy atom. The van der Waals surface area contributed by atoms with Crippen LogP contribution in [0.25, 0.3) is 0 Å². The zero-order chi connectivity index (χ0) is 17.0. The number of sulfonamides is 1. The van der Waals surface area contributed by atoms with E-state index >= 15 is 0 Å². The number of benzene rings is 1. The molecule has 5 heteroatoms. The molecule has 1 rings (SSSR count). The van der Waals surface area contributed by atoms with Crippen LogP contribution in [0.3, 0.4) is 0 Å². The quantitative estimate of drug-likeness (QED) is 0.718. The van der Waals surface area contributed by atoms with Crippen molar-refractivity contribution >= 4 is 15.8 Å². The van der Waals surface area contributed by atoms with Crippen LogP contribution in [0.5, 0.6) is 0 Å². The fraction of sp³-hybridized carbons (Fsp3) is 0.588. The third kappa shape index (κ3) is 4.40. The number of ketones is 1. The molecule has 0 saturated heterocycles. The average Bonchev–Trinajstić information content (AvgIpc) is 2.45. The number of nitrogens with zero attached hydrogens (tertiary/aromatic N) is 1. The summed E-state index contributed by atoms with van der Waals surface area (Å²) in [5.41, 5.74) is 0.0700. The minimum Gasteiger partial charge on any atom is -0.294 e. The first-order valence-corrected chi connectivity index (χ1v) is 9.23. The molecule has 1 aromatic carbocycles. The number of carbonyl (C=O) groups is 1. The summed E-state index contributed by atoms with van der Waals surface area (Å²) in [7, 11) is -3.48. The molecule has 0 radical (unpaired) electrons. The van der Waals surface area contributed by atoms with Crippen molar-refractivity contribution in [2.45, 2.75) is 52.4 Å². The molecule has 124 valence electrons. The van der Waals surface area contributed by atoms with Gasteiger partial charge in [0.2, 0.25) is 10.0 Å². The summed E-state index contributed by atoms with van der Waals surface area (Å²) in [6.45, 7) is 10.5. The summed E-state index contributed by atoms with van der Waals surface area (Å²) in [6, 6.07) is 6.28. The first-order chi connectivity index (χ1) is 10.1. The SMILES string of the molecule is CCCN(CCC)S(=O)(=O)c1ccc(C(=O)C(C)(C)C)cc1. The molecule has 0 saturated carbocycles. The van der Waals surface area contributed by atoms with Gasteiger partial charge in [-0.2, -0.15) is 4.31 Å². The van der Waals surface area contributed by atoms with E-state index in [9.17, 15) is 13.2 Å². The molecule has 22 heavy (non-hydrogen) atoms. The summed E-state index contributed by atoms with van der Waals surface area (Å²) in [6.07, 6.45) is 1.56. The molecule has 0 aliphatic heterocycles. The summed E-state index contributed by atoms with van der Waals surface area (Å²) in [5.74, 6) is 0.00965. The number of carbonyl (C=O) groups excluding carboxylic acids is 1. The van der Waals surface area contributed by atoms with E-state index in [-0.39, 0.29) is 10.7 Å². The van der Waals surface area contributed by atoms with E-state index in [4.69, 9.17) is 0 Å². The van der Waals surface area contributed by atoms with Gasteiger partial charge in [-0.3, -0.25) is 4.79 Å². The molecule has 0 spiro atoms. The topological polar surface area (TPSA) is 54.5 Å². The Hall–Kier alpha value is -1.20. The first kappa shape index (κ1) is 18.8. The highest BCUT2D eigenvalue weighted by Crippen LogP contribution is 2.23. The van der Waals surface area contributed by atoms with Gasteiger partial charge in [-0.05, 0) is 25.0 Å². The van der Waals surface area contributed by atoms with Crippen LogP contribution in [0.4, 0.5) is 0 Å². The van der Waals surface area contributed by atoms with Crippen LogP contribution in [0.2, 0.25) is 0 Å². The molecule has 0 amide bonds. The molecule has 0 aromatic heterocycles.